The number of sulfone groups is 1. The molecule has 1 N–H and O–H groups in total. The Morgan fingerprint density at radius 1 is 1.36 bits per heavy atom. The average Bonchev–Trinajstić information content (AvgIpc) is 2.56. The van der Waals surface area contributed by atoms with Crippen LogP contribution in [0.2, 0.25) is 0 Å². The summed E-state index contributed by atoms with van der Waals surface area (Å²) in [4.78, 5) is 0. The van der Waals surface area contributed by atoms with E-state index in [0.29, 0.717) is 23.0 Å². The molecular formula is C10H19NO2S. The van der Waals surface area contributed by atoms with Crippen molar-refractivity contribution in [1.82, 2.24) is 5.32 Å². The lowest BCUT2D eigenvalue weighted by atomic mass is 10.0. The fourth-order valence-electron chi connectivity index (χ4n) is 2.51. The summed E-state index contributed by atoms with van der Waals surface area (Å²) in [6.45, 7) is 6.71. The van der Waals surface area contributed by atoms with E-state index < -0.39 is 9.84 Å². The quantitative estimate of drug-likeness (QED) is 0.761. The highest BCUT2D eigenvalue weighted by atomic mass is 32.2. The Labute approximate surface area is 86.2 Å². The lowest BCUT2D eigenvalue weighted by molar-refractivity contribution is 0.389. The summed E-state index contributed by atoms with van der Waals surface area (Å²) in [5.41, 5.74) is 0.467. The molecule has 1 aliphatic carbocycles. The molecule has 14 heavy (non-hydrogen) atoms. The topological polar surface area (TPSA) is 46.2 Å². The van der Waals surface area contributed by atoms with Gasteiger partial charge in [-0.15, -0.1) is 0 Å². The van der Waals surface area contributed by atoms with Crippen molar-refractivity contribution in [3.05, 3.63) is 0 Å². The molecule has 0 radical (unpaired) electrons. The molecule has 1 aliphatic heterocycles. The minimum Gasteiger partial charge on any atom is -0.309 e. The van der Waals surface area contributed by atoms with Crippen molar-refractivity contribution in [2.24, 2.45) is 11.3 Å². The Morgan fingerprint density at radius 2 is 1.86 bits per heavy atom. The van der Waals surface area contributed by atoms with Gasteiger partial charge in [0.15, 0.2) is 9.84 Å². The highest BCUT2D eigenvalue weighted by molar-refractivity contribution is 7.92. The first-order valence-electron chi connectivity index (χ1n) is 5.27. The SMILES string of the molecule is CC(NC1CS(=O)(=O)C1)C1CC1(C)C. The Hall–Kier alpha value is -0.0900. The highest BCUT2D eigenvalue weighted by Crippen LogP contribution is 2.53. The summed E-state index contributed by atoms with van der Waals surface area (Å²) in [6.07, 6.45) is 1.26. The maximum absolute atomic E-state index is 11.0. The van der Waals surface area contributed by atoms with Crippen molar-refractivity contribution < 1.29 is 8.42 Å². The first-order valence-corrected chi connectivity index (χ1v) is 7.09. The molecule has 2 unspecified atom stereocenters. The second-order valence-electron chi connectivity index (χ2n) is 5.53. The van der Waals surface area contributed by atoms with Crippen LogP contribution in [0.3, 0.4) is 0 Å². The zero-order chi connectivity index (χ0) is 10.6. The molecule has 2 fully saturated rings. The molecule has 3 nitrogen and oxygen atoms in total. The van der Waals surface area contributed by atoms with Crippen LogP contribution < -0.4 is 5.32 Å². The van der Waals surface area contributed by atoms with E-state index in [1.54, 1.807) is 0 Å². The molecule has 0 aromatic rings. The van der Waals surface area contributed by atoms with Gasteiger partial charge in [-0.2, -0.15) is 0 Å². The molecule has 0 aromatic heterocycles. The second-order valence-corrected chi connectivity index (χ2v) is 7.68. The van der Waals surface area contributed by atoms with E-state index in [2.05, 4.69) is 26.1 Å². The van der Waals surface area contributed by atoms with Crippen LogP contribution in [0.1, 0.15) is 27.2 Å². The van der Waals surface area contributed by atoms with Crippen molar-refractivity contribution >= 4 is 9.84 Å². The van der Waals surface area contributed by atoms with E-state index in [9.17, 15) is 8.42 Å². The fourth-order valence-corrected chi connectivity index (χ4v) is 3.83. The molecule has 0 spiro atoms. The van der Waals surface area contributed by atoms with Crippen molar-refractivity contribution in [1.29, 1.82) is 0 Å². The molecule has 0 bridgehead atoms. The summed E-state index contributed by atoms with van der Waals surface area (Å²) in [6, 6.07) is 0.678. The summed E-state index contributed by atoms with van der Waals surface area (Å²) < 4.78 is 21.9. The van der Waals surface area contributed by atoms with Crippen LogP contribution in [0.15, 0.2) is 0 Å². The Morgan fingerprint density at radius 3 is 2.21 bits per heavy atom. The molecule has 0 amide bonds. The number of hydrogen-bond donors (Lipinski definition) is 1. The third-order valence-corrected chi connectivity index (χ3v) is 5.42. The van der Waals surface area contributed by atoms with Gasteiger partial charge in [0.2, 0.25) is 0 Å². The summed E-state index contributed by atoms with van der Waals surface area (Å²) in [7, 11) is -2.67. The predicted octanol–water partition coefficient (Wildman–Crippen LogP) is 0.808. The molecule has 4 heteroatoms. The van der Waals surface area contributed by atoms with Crippen LogP contribution in [-0.2, 0) is 9.84 Å². The van der Waals surface area contributed by atoms with Crippen molar-refractivity contribution in [2.75, 3.05) is 11.5 Å². The molecule has 0 aromatic carbocycles. The van der Waals surface area contributed by atoms with Gasteiger partial charge in [-0.1, -0.05) is 13.8 Å². The van der Waals surface area contributed by atoms with Gasteiger partial charge < -0.3 is 5.32 Å². The Kier molecular flexibility index (Phi) is 2.20. The van der Waals surface area contributed by atoms with Gasteiger partial charge in [0.1, 0.15) is 0 Å². The standard InChI is InChI=1S/C10H19NO2S/c1-7(9-4-10(9,2)3)11-8-5-14(12,13)6-8/h7-9,11H,4-6H2,1-3H3. The normalized spacial score (nSPS) is 36.1. The van der Waals surface area contributed by atoms with Gasteiger partial charge in [-0.05, 0) is 24.7 Å². The molecule has 2 aliphatic rings. The Balaban J connectivity index is 1.78. The minimum atomic E-state index is -2.67. The molecule has 2 atom stereocenters. The lowest BCUT2D eigenvalue weighted by Gasteiger charge is -2.30. The molecule has 1 saturated carbocycles. The van der Waals surface area contributed by atoms with Gasteiger partial charge in [0.05, 0.1) is 11.5 Å². The third-order valence-electron chi connectivity index (χ3n) is 3.60. The summed E-state index contributed by atoms with van der Waals surface area (Å²) in [5, 5.41) is 3.41. The van der Waals surface area contributed by atoms with Gasteiger partial charge in [0, 0.05) is 12.1 Å². The molecule has 1 saturated heterocycles. The maximum atomic E-state index is 11.0. The third kappa shape index (κ3) is 1.96. The van der Waals surface area contributed by atoms with E-state index in [-0.39, 0.29) is 6.04 Å². The predicted molar refractivity (Wildman–Crippen MR) is 56.9 cm³/mol. The van der Waals surface area contributed by atoms with Crippen LogP contribution in [0.5, 0.6) is 0 Å². The van der Waals surface area contributed by atoms with Crippen LogP contribution in [-0.4, -0.2) is 32.0 Å². The summed E-state index contributed by atoms with van der Waals surface area (Å²) in [5.74, 6) is 1.40. The van der Waals surface area contributed by atoms with Crippen molar-refractivity contribution in [3.8, 4) is 0 Å². The zero-order valence-electron chi connectivity index (χ0n) is 9.08. The Bertz CT molecular complexity index is 322. The van der Waals surface area contributed by atoms with Crippen LogP contribution >= 0.6 is 0 Å². The fraction of sp³-hybridized carbons (Fsp3) is 1.00. The molecule has 82 valence electrons. The number of nitrogens with one attached hydrogen (secondary N) is 1. The van der Waals surface area contributed by atoms with Crippen molar-refractivity contribution in [2.45, 2.75) is 39.3 Å². The van der Waals surface area contributed by atoms with E-state index >= 15 is 0 Å². The van der Waals surface area contributed by atoms with Gasteiger partial charge in [-0.3, -0.25) is 0 Å². The maximum Gasteiger partial charge on any atom is 0.153 e. The minimum absolute atomic E-state index is 0.214. The molecule has 2 rings (SSSR count). The lowest BCUT2D eigenvalue weighted by Crippen LogP contribution is -2.54. The molecule has 1 heterocycles. The van der Waals surface area contributed by atoms with E-state index in [0.717, 1.165) is 5.92 Å². The first-order chi connectivity index (χ1) is 6.30. The highest BCUT2D eigenvalue weighted by Gasteiger charge is 2.49. The van der Waals surface area contributed by atoms with Crippen molar-refractivity contribution in [3.63, 3.8) is 0 Å². The first kappa shape index (κ1) is 10.4. The van der Waals surface area contributed by atoms with E-state index in [4.69, 9.17) is 0 Å². The summed E-state index contributed by atoms with van der Waals surface area (Å²) >= 11 is 0. The van der Waals surface area contributed by atoms with Gasteiger partial charge in [0.25, 0.3) is 0 Å². The van der Waals surface area contributed by atoms with Crippen LogP contribution in [0.4, 0.5) is 0 Å². The monoisotopic (exact) mass is 217 g/mol. The van der Waals surface area contributed by atoms with E-state index in [1.807, 2.05) is 0 Å². The smallest absolute Gasteiger partial charge is 0.153 e. The van der Waals surface area contributed by atoms with Crippen LogP contribution in [0.25, 0.3) is 0 Å². The number of rotatable bonds is 3. The average molecular weight is 217 g/mol. The molecular weight excluding hydrogens is 198 g/mol. The second kappa shape index (κ2) is 2.95. The van der Waals surface area contributed by atoms with Crippen LogP contribution in [0, 0.1) is 11.3 Å². The zero-order valence-corrected chi connectivity index (χ0v) is 9.89. The van der Waals surface area contributed by atoms with Gasteiger partial charge >= 0.3 is 0 Å². The van der Waals surface area contributed by atoms with E-state index in [1.165, 1.54) is 6.42 Å². The van der Waals surface area contributed by atoms with Gasteiger partial charge in [-0.25, -0.2) is 8.42 Å². The largest absolute Gasteiger partial charge is 0.309 e. The number of hydrogen-bond acceptors (Lipinski definition) is 3.